The van der Waals surface area contributed by atoms with E-state index in [1.807, 2.05) is 6.92 Å². The fourth-order valence-electron chi connectivity index (χ4n) is 4.07. The molecule has 10 nitrogen and oxygen atoms in total. The van der Waals surface area contributed by atoms with Crippen molar-refractivity contribution < 1.29 is 24.5 Å². The number of aromatic nitrogens is 4. The second kappa shape index (κ2) is 9.23. The molecule has 1 saturated carbocycles. The molecule has 10 heteroatoms. The van der Waals surface area contributed by atoms with Crippen LogP contribution in [0.15, 0.2) is 12.7 Å². The zero-order valence-corrected chi connectivity index (χ0v) is 17.1. The normalized spacial score (nSPS) is 27.0. The molecule has 0 amide bonds. The summed E-state index contributed by atoms with van der Waals surface area (Å²) >= 11 is 0. The van der Waals surface area contributed by atoms with E-state index in [1.54, 1.807) is 4.57 Å². The van der Waals surface area contributed by atoms with Crippen LogP contribution in [-0.4, -0.2) is 66.7 Å². The van der Waals surface area contributed by atoms with Gasteiger partial charge in [-0.05, 0) is 19.3 Å². The van der Waals surface area contributed by atoms with Crippen LogP contribution in [-0.2, 0) is 14.3 Å². The molecule has 4 atom stereocenters. The fraction of sp³-hybridized carbons (Fsp3) is 0.700. The monoisotopic (exact) mass is 419 g/mol. The number of esters is 1. The second-order valence-electron chi connectivity index (χ2n) is 8.00. The molecule has 1 aliphatic heterocycles. The van der Waals surface area contributed by atoms with E-state index in [4.69, 9.17) is 9.47 Å². The van der Waals surface area contributed by atoms with Gasteiger partial charge in [-0.3, -0.25) is 9.36 Å². The minimum Gasteiger partial charge on any atom is -0.463 e. The lowest BCUT2D eigenvalue weighted by molar-refractivity contribution is -0.150. The van der Waals surface area contributed by atoms with Gasteiger partial charge in [0.25, 0.3) is 0 Å². The summed E-state index contributed by atoms with van der Waals surface area (Å²) in [6.45, 7) is 1.87. The second-order valence-corrected chi connectivity index (χ2v) is 8.00. The number of carbonyl (C=O) groups is 1. The topological polar surface area (TPSA) is 132 Å². The first kappa shape index (κ1) is 21.0. The van der Waals surface area contributed by atoms with Crippen molar-refractivity contribution in [1.29, 1.82) is 0 Å². The Morgan fingerprint density at radius 3 is 2.83 bits per heavy atom. The molecule has 0 spiro atoms. The van der Waals surface area contributed by atoms with Crippen molar-refractivity contribution in [2.45, 2.75) is 82.5 Å². The third kappa shape index (κ3) is 4.26. The summed E-state index contributed by atoms with van der Waals surface area (Å²) in [6.07, 6.45) is 5.42. The van der Waals surface area contributed by atoms with Gasteiger partial charge in [0.15, 0.2) is 23.2 Å². The lowest BCUT2D eigenvalue weighted by atomic mass is 10.1. The first-order chi connectivity index (χ1) is 14.6. The lowest BCUT2D eigenvalue weighted by Crippen LogP contribution is -2.34. The minimum atomic E-state index is -1.21. The lowest BCUT2D eigenvalue weighted by Gasteiger charge is -2.17. The molecule has 1 aliphatic carbocycles. The number of anilines is 1. The molecular formula is C20H29N5O5. The number of aliphatic hydroxyl groups is 2. The van der Waals surface area contributed by atoms with Crippen molar-refractivity contribution in [1.82, 2.24) is 19.5 Å². The predicted octanol–water partition coefficient (Wildman–Crippen LogP) is 1.53. The number of imidazole rings is 1. The Labute approximate surface area is 174 Å². The molecule has 2 aromatic rings. The highest BCUT2D eigenvalue weighted by atomic mass is 16.6. The van der Waals surface area contributed by atoms with Crippen LogP contribution in [0.25, 0.3) is 11.2 Å². The van der Waals surface area contributed by atoms with Gasteiger partial charge in [-0.1, -0.05) is 26.2 Å². The first-order valence-electron chi connectivity index (χ1n) is 10.7. The number of nitrogens with zero attached hydrogens (tertiary/aromatic N) is 4. The number of fused-ring (bicyclic) bond motifs is 1. The van der Waals surface area contributed by atoms with E-state index < -0.39 is 24.5 Å². The van der Waals surface area contributed by atoms with Crippen LogP contribution in [0.2, 0.25) is 0 Å². The van der Waals surface area contributed by atoms with Gasteiger partial charge in [-0.2, -0.15) is 0 Å². The number of hydrogen-bond donors (Lipinski definition) is 3. The third-order valence-corrected chi connectivity index (χ3v) is 5.81. The van der Waals surface area contributed by atoms with Crippen molar-refractivity contribution in [2.75, 3.05) is 11.9 Å². The Morgan fingerprint density at radius 2 is 2.07 bits per heavy atom. The van der Waals surface area contributed by atoms with Crippen molar-refractivity contribution >= 4 is 23.0 Å². The van der Waals surface area contributed by atoms with E-state index in [1.165, 1.54) is 25.5 Å². The van der Waals surface area contributed by atoms with Crippen molar-refractivity contribution in [2.24, 2.45) is 0 Å². The Balaban J connectivity index is 1.47. The van der Waals surface area contributed by atoms with Crippen molar-refractivity contribution in [3.05, 3.63) is 12.7 Å². The van der Waals surface area contributed by atoms with Gasteiger partial charge in [0.2, 0.25) is 0 Å². The smallest absolute Gasteiger partial charge is 0.305 e. The maximum atomic E-state index is 11.8. The van der Waals surface area contributed by atoms with Gasteiger partial charge >= 0.3 is 5.97 Å². The number of aliphatic hydroxyl groups excluding tert-OH is 2. The van der Waals surface area contributed by atoms with Crippen LogP contribution >= 0.6 is 0 Å². The van der Waals surface area contributed by atoms with Crippen LogP contribution in [0.3, 0.4) is 0 Å². The molecule has 3 heterocycles. The molecular weight excluding hydrogens is 390 g/mol. The van der Waals surface area contributed by atoms with Gasteiger partial charge < -0.3 is 25.0 Å². The average molecular weight is 419 g/mol. The number of ether oxygens (including phenoxy) is 2. The summed E-state index contributed by atoms with van der Waals surface area (Å²) < 4.78 is 12.6. The SMILES string of the molecule is CCCCC(=O)OC[C@H]1OC(n2cnc3c(NC4CCCC4)ncnc32)[C@H](O)[C@@H]1O. The third-order valence-electron chi connectivity index (χ3n) is 5.81. The molecule has 30 heavy (non-hydrogen) atoms. The molecule has 0 bridgehead atoms. The number of carbonyl (C=O) groups excluding carboxylic acids is 1. The Hall–Kier alpha value is -2.30. The molecule has 0 radical (unpaired) electrons. The molecule has 1 saturated heterocycles. The van der Waals surface area contributed by atoms with Gasteiger partial charge in [-0.25, -0.2) is 15.0 Å². The summed E-state index contributed by atoms with van der Waals surface area (Å²) in [4.78, 5) is 24.8. The maximum Gasteiger partial charge on any atom is 0.305 e. The number of nitrogens with one attached hydrogen (secondary N) is 1. The average Bonchev–Trinajstić information content (AvgIpc) is 3.47. The standard InChI is InChI=1S/C20H29N5O5/c1-2-3-8-14(26)29-9-13-16(27)17(28)20(30-13)25-11-23-15-18(21-10-22-19(15)25)24-12-6-4-5-7-12/h10-13,16-17,20,27-28H,2-9H2,1H3,(H,21,22,24)/t13-,16-,17-,20?/m1/s1. The van der Waals surface area contributed by atoms with E-state index in [9.17, 15) is 15.0 Å². The van der Waals surface area contributed by atoms with E-state index in [-0.39, 0.29) is 12.6 Å². The molecule has 1 unspecified atom stereocenters. The highest BCUT2D eigenvalue weighted by molar-refractivity contribution is 5.82. The molecule has 4 rings (SSSR count). The van der Waals surface area contributed by atoms with Gasteiger partial charge in [0.1, 0.15) is 31.2 Å². The zero-order valence-electron chi connectivity index (χ0n) is 17.1. The van der Waals surface area contributed by atoms with Gasteiger partial charge in [-0.15, -0.1) is 0 Å². The van der Waals surface area contributed by atoms with Crippen molar-refractivity contribution in [3.8, 4) is 0 Å². The Morgan fingerprint density at radius 1 is 1.27 bits per heavy atom. The molecule has 2 fully saturated rings. The van der Waals surface area contributed by atoms with Crippen molar-refractivity contribution in [3.63, 3.8) is 0 Å². The highest BCUT2D eigenvalue weighted by Gasteiger charge is 2.45. The zero-order chi connectivity index (χ0) is 21.1. The number of rotatable bonds is 8. The number of hydrogen-bond acceptors (Lipinski definition) is 9. The molecule has 2 aliphatic rings. The van der Waals surface area contributed by atoms with E-state index in [0.717, 1.165) is 25.7 Å². The molecule has 0 aromatic carbocycles. The van der Waals surface area contributed by atoms with Crippen LogP contribution in [0.5, 0.6) is 0 Å². The van der Waals surface area contributed by atoms with E-state index in [0.29, 0.717) is 29.4 Å². The van der Waals surface area contributed by atoms with Crippen LogP contribution in [0.1, 0.15) is 58.1 Å². The highest BCUT2D eigenvalue weighted by Crippen LogP contribution is 2.33. The van der Waals surface area contributed by atoms with Crippen LogP contribution < -0.4 is 5.32 Å². The molecule has 3 N–H and O–H groups in total. The van der Waals surface area contributed by atoms with Crippen LogP contribution in [0, 0.1) is 0 Å². The van der Waals surface area contributed by atoms with E-state index in [2.05, 4.69) is 20.3 Å². The fourth-order valence-corrected chi connectivity index (χ4v) is 4.07. The Bertz CT molecular complexity index is 868. The van der Waals surface area contributed by atoms with Crippen LogP contribution in [0.4, 0.5) is 5.82 Å². The summed E-state index contributed by atoms with van der Waals surface area (Å²) in [5.74, 6) is 0.314. The quantitative estimate of drug-likeness (QED) is 0.545. The maximum absolute atomic E-state index is 11.8. The Kier molecular flexibility index (Phi) is 6.45. The van der Waals surface area contributed by atoms with E-state index >= 15 is 0 Å². The summed E-state index contributed by atoms with van der Waals surface area (Å²) in [5, 5.41) is 24.4. The molecule has 164 valence electrons. The largest absolute Gasteiger partial charge is 0.463 e. The van der Waals surface area contributed by atoms with Gasteiger partial charge in [0, 0.05) is 12.5 Å². The predicted molar refractivity (Wildman–Crippen MR) is 108 cm³/mol. The summed E-state index contributed by atoms with van der Waals surface area (Å²) in [5.41, 5.74) is 1.09. The first-order valence-corrected chi connectivity index (χ1v) is 10.7. The number of unbranched alkanes of at least 4 members (excludes halogenated alkanes) is 1. The van der Waals surface area contributed by atoms with Gasteiger partial charge in [0.05, 0.1) is 6.33 Å². The molecule has 2 aromatic heterocycles. The summed E-state index contributed by atoms with van der Waals surface area (Å²) in [7, 11) is 0. The minimum absolute atomic E-state index is 0.118. The summed E-state index contributed by atoms with van der Waals surface area (Å²) in [6, 6.07) is 0.371.